The Morgan fingerprint density at radius 3 is 2.45 bits per heavy atom. The van der Waals surface area contributed by atoms with Gasteiger partial charge in [0.05, 0.1) is 6.04 Å². The van der Waals surface area contributed by atoms with Gasteiger partial charge in [-0.05, 0) is 30.9 Å². The maximum atomic E-state index is 13.1. The Labute approximate surface area is 183 Å². The van der Waals surface area contributed by atoms with E-state index in [1.54, 1.807) is 18.2 Å². The van der Waals surface area contributed by atoms with Crippen molar-refractivity contribution in [3.63, 3.8) is 0 Å². The number of amides is 1. The highest BCUT2D eigenvalue weighted by Gasteiger charge is 2.29. The molecule has 1 saturated carbocycles. The SMILES string of the molecule is CC(C)(C)c1ncc(C(=O)NC(/C=C/S(C)(=O)=O)C2CCC2)c(Oc2ccccc2)n1. The molecule has 166 valence electrons. The fourth-order valence-electron chi connectivity index (χ4n) is 3.14. The first-order valence-corrected chi connectivity index (χ1v) is 12.3. The van der Waals surface area contributed by atoms with Crippen molar-refractivity contribution in [2.75, 3.05) is 6.26 Å². The number of benzene rings is 1. The summed E-state index contributed by atoms with van der Waals surface area (Å²) >= 11 is 0. The van der Waals surface area contributed by atoms with Crippen molar-refractivity contribution >= 4 is 15.7 Å². The Balaban J connectivity index is 1.91. The van der Waals surface area contributed by atoms with Crippen LogP contribution >= 0.6 is 0 Å². The second-order valence-electron chi connectivity index (χ2n) is 8.93. The first kappa shape index (κ1) is 22.9. The zero-order chi connectivity index (χ0) is 22.6. The van der Waals surface area contributed by atoms with Crippen LogP contribution in [0.2, 0.25) is 0 Å². The van der Waals surface area contributed by atoms with Crippen LogP contribution in [-0.4, -0.2) is 36.6 Å². The average Bonchev–Trinajstić information content (AvgIpc) is 2.64. The van der Waals surface area contributed by atoms with Crippen molar-refractivity contribution < 1.29 is 17.9 Å². The largest absolute Gasteiger partial charge is 0.438 e. The summed E-state index contributed by atoms with van der Waals surface area (Å²) in [6, 6.07) is 8.73. The smallest absolute Gasteiger partial charge is 0.258 e. The van der Waals surface area contributed by atoms with Crippen LogP contribution in [0, 0.1) is 5.92 Å². The van der Waals surface area contributed by atoms with Gasteiger partial charge < -0.3 is 10.1 Å². The maximum Gasteiger partial charge on any atom is 0.258 e. The van der Waals surface area contributed by atoms with Crippen LogP contribution < -0.4 is 10.1 Å². The van der Waals surface area contributed by atoms with E-state index in [1.165, 1.54) is 6.20 Å². The highest BCUT2D eigenvalue weighted by atomic mass is 32.2. The fraction of sp³-hybridized carbons (Fsp3) is 0.435. The summed E-state index contributed by atoms with van der Waals surface area (Å²) in [7, 11) is -3.29. The lowest BCUT2D eigenvalue weighted by molar-refractivity contribution is 0.0915. The van der Waals surface area contributed by atoms with Gasteiger partial charge in [0.1, 0.15) is 17.1 Å². The number of aromatic nitrogens is 2. The molecule has 1 aromatic carbocycles. The molecule has 8 heteroatoms. The molecule has 1 unspecified atom stereocenters. The molecule has 1 fully saturated rings. The molecule has 1 N–H and O–H groups in total. The molecule has 0 spiro atoms. The molecule has 1 atom stereocenters. The number of para-hydroxylation sites is 1. The van der Waals surface area contributed by atoms with Gasteiger partial charge in [0, 0.05) is 23.3 Å². The molecule has 1 aromatic heterocycles. The van der Waals surface area contributed by atoms with Crippen LogP contribution in [-0.2, 0) is 15.3 Å². The molecule has 2 aromatic rings. The van der Waals surface area contributed by atoms with Gasteiger partial charge in [-0.2, -0.15) is 4.98 Å². The number of carbonyl (C=O) groups excluding carboxylic acids is 1. The van der Waals surface area contributed by atoms with Crippen LogP contribution in [0.1, 0.15) is 56.2 Å². The third-order valence-electron chi connectivity index (χ3n) is 5.12. The number of hydrogen-bond acceptors (Lipinski definition) is 6. The zero-order valence-electron chi connectivity index (χ0n) is 18.3. The second kappa shape index (κ2) is 9.18. The number of nitrogens with zero attached hydrogens (tertiary/aromatic N) is 2. The van der Waals surface area contributed by atoms with Gasteiger partial charge in [0.15, 0.2) is 9.84 Å². The van der Waals surface area contributed by atoms with E-state index in [0.717, 1.165) is 30.9 Å². The van der Waals surface area contributed by atoms with E-state index in [-0.39, 0.29) is 28.8 Å². The minimum absolute atomic E-state index is 0.170. The summed E-state index contributed by atoms with van der Waals surface area (Å²) in [5.41, 5.74) is -0.120. The number of nitrogens with one attached hydrogen (secondary N) is 1. The number of rotatable bonds is 7. The molecule has 31 heavy (non-hydrogen) atoms. The van der Waals surface area contributed by atoms with Gasteiger partial charge in [-0.15, -0.1) is 0 Å². The lowest BCUT2D eigenvalue weighted by Crippen LogP contribution is -2.42. The van der Waals surface area contributed by atoms with Crippen molar-refractivity contribution in [2.24, 2.45) is 5.92 Å². The van der Waals surface area contributed by atoms with Gasteiger partial charge in [0.25, 0.3) is 5.91 Å². The highest BCUT2D eigenvalue weighted by molar-refractivity contribution is 7.93. The summed E-state index contributed by atoms with van der Waals surface area (Å²) in [5, 5.41) is 4.09. The van der Waals surface area contributed by atoms with Crippen molar-refractivity contribution in [1.82, 2.24) is 15.3 Å². The molecule has 0 radical (unpaired) electrons. The van der Waals surface area contributed by atoms with Crippen molar-refractivity contribution in [3.8, 4) is 11.6 Å². The Morgan fingerprint density at radius 2 is 1.90 bits per heavy atom. The van der Waals surface area contributed by atoms with E-state index < -0.39 is 15.7 Å². The summed E-state index contributed by atoms with van der Waals surface area (Å²) in [4.78, 5) is 22.0. The molecule has 0 aliphatic heterocycles. The fourth-order valence-corrected chi connectivity index (χ4v) is 3.59. The molecular formula is C23H29N3O4S. The molecule has 1 aliphatic rings. The third-order valence-corrected chi connectivity index (χ3v) is 5.77. The standard InChI is InChI=1S/C23H29N3O4S/c1-23(2,3)22-24-15-18(21(26-22)30-17-11-6-5-7-12-17)20(27)25-19(16-9-8-10-16)13-14-31(4,28)29/h5-7,11-16,19H,8-10H2,1-4H3,(H,25,27)/b14-13+. The second-order valence-corrected chi connectivity index (χ2v) is 10.9. The predicted octanol–water partition coefficient (Wildman–Crippen LogP) is 4.02. The van der Waals surface area contributed by atoms with E-state index >= 15 is 0 Å². The normalized spacial score (nSPS) is 16.0. The van der Waals surface area contributed by atoms with Crippen LogP contribution in [0.25, 0.3) is 0 Å². The monoisotopic (exact) mass is 443 g/mol. The Bertz CT molecular complexity index is 1060. The lowest BCUT2D eigenvalue weighted by atomic mass is 9.79. The first-order chi connectivity index (χ1) is 14.5. The summed E-state index contributed by atoms with van der Waals surface area (Å²) in [5.74, 6) is 1.09. The molecule has 1 aliphatic carbocycles. The zero-order valence-corrected chi connectivity index (χ0v) is 19.1. The van der Waals surface area contributed by atoms with Crippen LogP contribution in [0.4, 0.5) is 0 Å². The van der Waals surface area contributed by atoms with Crippen molar-refractivity contribution in [2.45, 2.75) is 51.5 Å². The Kier molecular flexibility index (Phi) is 6.79. The summed E-state index contributed by atoms with van der Waals surface area (Å²) in [6.45, 7) is 5.95. The Hall–Kier alpha value is -2.74. The number of ether oxygens (including phenoxy) is 1. The minimum Gasteiger partial charge on any atom is -0.438 e. The number of hydrogen-bond donors (Lipinski definition) is 1. The van der Waals surface area contributed by atoms with Crippen LogP contribution in [0.3, 0.4) is 0 Å². The molecule has 3 rings (SSSR count). The van der Waals surface area contributed by atoms with E-state index in [4.69, 9.17) is 4.74 Å². The quantitative estimate of drug-likeness (QED) is 0.694. The molecule has 1 heterocycles. The van der Waals surface area contributed by atoms with Gasteiger partial charge in [-0.25, -0.2) is 13.4 Å². The topological polar surface area (TPSA) is 98.2 Å². The first-order valence-electron chi connectivity index (χ1n) is 10.3. The van der Waals surface area contributed by atoms with Gasteiger partial charge >= 0.3 is 0 Å². The molecular weight excluding hydrogens is 414 g/mol. The summed E-state index contributed by atoms with van der Waals surface area (Å²) < 4.78 is 29.1. The molecule has 1 amide bonds. The van der Waals surface area contributed by atoms with Gasteiger partial charge in [-0.1, -0.05) is 51.5 Å². The van der Waals surface area contributed by atoms with Gasteiger partial charge in [0.2, 0.25) is 5.88 Å². The molecule has 7 nitrogen and oxygen atoms in total. The third kappa shape index (κ3) is 6.37. The predicted molar refractivity (Wildman–Crippen MR) is 120 cm³/mol. The van der Waals surface area contributed by atoms with Crippen molar-refractivity contribution in [1.29, 1.82) is 0 Å². The minimum atomic E-state index is -3.29. The maximum absolute atomic E-state index is 13.1. The van der Waals surface area contributed by atoms with Crippen LogP contribution in [0.5, 0.6) is 11.6 Å². The van der Waals surface area contributed by atoms with Gasteiger partial charge in [-0.3, -0.25) is 4.79 Å². The van der Waals surface area contributed by atoms with E-state index in [9.17, 15) is 13.2 Å². The van der Waals surface area contributed by atoms with Crippen molar-refractivity contribution in [3.05, 3.63) is 59.4 Å². The van der Waals surface area contributed by atoms with E-state index in [2.05, 4.69) is 15.3 Å². The molecule has 0 saturated heterocycles. The average molecular weight is 444 g/mol. The summed E-state index contributed by atoms with van der Waals surface area (Å²) in [6.07, 6.45) is 7.10. The number of carbonyl (C=O) groups is 1. The highest BCUT2D eigenvalue weighted by Crippen LogP contribution is 2.31. The number of sulfone groups is 1. The lowest BCUT2D eigenvalue weighted by Gasteiger charge is -2.32. The van der Waals surface area contributed by atoms with E-state index in [1.807, 2.05) is 39.0 Å². The molecule has 0 bridgehead atoms. The van der Waals surface area contributed by atoms with E-state index in [0.29, 0.717) is 11.6 Å². The Morgan fingerprint density at radius 1 is 1.23 bits per heavy atom. The van der Waals surface area contributed by atoms with Crippen LogP contribution in [0.15, 0.2) is 48.0 Å².